The lowest BCUT2D eigenvalue weighted by atomic mass is 10.1. The number of aliphatic hydroxyl groups excluding tert-OH is 1. The number of carbonyl (C=O) groups is 1. The number of allylic oxidation sites excluding steroid dienone is 1. The highest BCUT2D eigenvalue weighted by atomic mass is 16.3. The van der Waals surface area contributed by atoms with Crippen molar-refractivity contribution < 1.29 is 9.90 Å². The molecule has 0 aliphatic rings. The average Bonchev–Trinajstić information content (AvgIpc) is 1.82. The molecule has 2 heteroatoms. The first-order valence-corrected chi connectivity index (χ1v) is 2.81. The number of rotatable bonds is 4. The summed E-state index contributed by atoms with van der Waals surface area (Å²) in [6.07, 6.45) is 2.75. The number of Topliss-reactive ketones (excluding diaryl/α,β-unsaturated/α-hetero) is 1. The summed E-state index contributed by atoms with van der Waals surface area (Å²) in [6.45, 7) is 4.78. The summed E-state index contributed by atoms with van der Waals surface area (Å²) in [7, 11) is 0. The summed E-state index contributed by atoms with van der Waals surface area (Å²) in [5, 5.41) is 8.83. The van der Waals surface area contributed by atoms with Crippen molar-refractivity contribution in [2.24, 2.45) is 0 Å². The lowest BCUT2D eigenvalue weighted by Crippen LogP contribution is -2.16. The molecule has 1 N–H and O–H groups in total. The first kappa shape index (κ1) is 8.24. The molecule has 0 aromatic heterocycles. The zero-order valence-electron chi connectivity index (χ0n) is 5.50. The second-order valence-corrected chi connectivity index (χ2v) is 1.83. The molecule has 0 aliphatic carbocycles. The summed E-state index contributed by atoms with van der Waals surface area (Å²) in [5.41, 5.74) is 0. The molecule has 52 valence electrons. The van der Waals surface area contributed by atoms with Crippen LogP contribution in [0.1, 0.15) is 13.3 Å². The van der Waals surface area contributed by atoms with Crippen molar-refractivity contribution in [2.75, 3.05) is 0 Å². The second-order valence-electron chi connectivity index (χ2n) is 1.83. The lowest BCUT2D eigenvalue weighted by Gasteiger charge is -2.06. The summed E-state index contributed by atoms with van der Waals surface area (Å²) >= 11 is 0. The highest BCUT2D eigenvalue weighted by molar-refractivity contribution is 5.80. The van der Waals surface area contributed by atoms with E-state index in [9.17, 15) is 4.79 Å². The SMILES string of the molecule is C=C[CH-]CC(O)C(C)=O. The predicted octanol–water partition coefficient (Wildman–Crippen LogP) is 0.717. The van der Waals surface area contributed by atoms with E-state index in [4.69, 9.17) is 5.11 Å². The quantitative estimate of drug-likeness (QED) is 0.565. The van der Waals surface area contributed by atoms with E-state index in [1.165, 1.54) is 6.92 Å². The van der Waals surface area contributed by atoms with Crippen LogP contribution in [0, 0.1) is 6.42 Å². The van der Waals surface area contributed by atoms with Crippen LogP contribution in [0.2, 0.25) is 0 Å². The minimum Gasteiger partial charge on any atom is -0.387 e. The van der Waals surface area contributed by atoms with Gasteiger partial charge in [-0.05, 0) is 6.92 Å². The maximum Gasteiger partial charge on any atom is 0.156 e. The van der Waals surface area contributed by atoms with Gasteiger partial charge in [0.1, 0.15) is 6.10 Å². The van der Waals surface area contributed by atoms with Crippen LogP contribution < -0.4 is 0 Å². The van der Waals surface area contributed by atoms with E-state index in [0.717, 1.165) is 0 Å². The van der Waals surface area contributed by atoms with Gasteiger partial charge in [0, 0.05) is 0 Å². The summed E-state index contributed by atoms with van der Waals surface area (Å²) in [4.78, 5) is 10.3. The van der Waals surface area contributed by atoms with Crippen LogP contribution in [0.15, 0.2) is 12.7 Å². The Hall–Kier alpha value is -0.760. The lowest BCUT2D eigenvalue weighted by molar-refractivity contribution is -0.124. The van der Waals surface area contributed by atoms with Gasteiger partial charge in [-0.3, -0.25) is 4.79 Å². The summed E-state index contributed by atoms with van der Waals surface area (Å²) in [6, 6.07) is 0. The molecular weight excluding hydrogens is 116 g/mol. The average molecular weight is 127 g/mol. The Morgan fingerprint density at radius 2 is 2.56 bits per heavy atom. The van der Waals surface area contributed by atoms with Crippen molar-refractivity contribution in [1.82, 2.24) is 0 Å². The molecule has 0 bridgehead atoms. The van der Waals surface area contributed by atoms with Gasteiger partial charge in [0.15, 0.2) is 5.78 Å². The molecule has 1 atom stereocenters. The van der Waals surface area contributed by atoms with Crippen molar-refractivity contribution in [3.05, 3.63) is 19.1 Å². The molecule has 0 saturated heterocycles. The molecule has 0 amide bonds. The summed E-state index contributed by atoms with van der Waals surface area (Å²) in [5.74, 6) is -0.201. The topological polar surface area (TPSA) is 37.3 Å². The van der Waals surface area contributed by atoms with E-state index in [1.807, 2.05) is 0 Å². The van der Waals surface area contributed by atoms with Gasteiger partial charge in [-0.15, -0.1) is 0 Å². The Labute approximate surface area is 55.2 Å². The molecule has 0 aromatic carbocycles. The second kappa shape index (κ2) is 4.15. The molecule has 0 heterocycles. The maximum absolute atomic E-state index is 10.3. The van der Waals surface area contributed by atoms with E-state index >= 15 is 0 Å². The Balaban J connectivity index is 3.37. The van der Waals surface area contributed by atoms with Gasteiger partial charge < -0.3 is 5.11 Å². The fraction of sp³-hybridized carbons (Fsp3) is 0.429. The highest BCUT2D eigenvalue weighted by Gasteiger charge is 2.03. The minimum absolute atomic E-state index is 0.201. The Bertz CT molecular complexity index is 107. The Kier molecular flexibility index (Phi) is 3.80. The first-order chi connectivity index (χ1) is 4.18. The zero-order valence-corrected chi connectivity index (χ0v) is 5.50. The van der Waals surface area contributed by atoms with E-state index < -0.39 is 6.10 Å². The molecule has 0 aliphatic heterocycles. The van der Waals surface area contributed by atoms with E-state index in [0.29, 0.717) is 6.42 Å². The smallest absolute Gasteiger partial charge is 0.156 e. The van der Waals surface area contributed by atoms with Crippen LogP contribution in [-0.2, 0) is 4.79 Å². The maximum atomic E-state index is 10.3. The van der Waals surface area contributed by atoms with Gasteiger partial charge in [0.25, 0.3) is 0 Å². The Morgan fingerprint density at radius 3 is 2.89 bits per heavy atom. The monoisotopic (exact) mass is 127 g/mol. The van der Waals surface area contributed by atoms with Crippen molar-refractivity contribution in [2.45, 2.75) is 19.4 Å². The molecule has 0 saturated carbocycles. The van der Waals surface area contributed by atoms with E-state index in [-0.39, 0.29) is 5.78 Å². The van der Waals surface area contributed by atoms with Crippen LogP contribution in [0.25, 0.3) is 0 Å². The van der Waals surface area contributed by atoms with Crippen molar-refractivity contribution in [3.8, 4) is 0 Å². The molecule has 9 heavy (non-hydrogen) atoms. The van der Waals surface area contributed by atoms with Gasteiger partial charge in [-0.1, -0.05) is 6.42 Å². The van der Waals surface area contributed by atoms with Gasteiger partial charge in [-0.2, -0.15) is 0 Å². The predicted molar refractivity (Wildman–Crippen MR) is 35.8 cm³/mol. The van der Waals surface area contributed by atoms with Crippen LogP contribution in [0.5, 0.6) is 0 Å². The third-order valence-electron chi connectivity index (χ3n) is 0.995. The number of aliphatic hydroxyl groups is 1. The molecule has 0 rings (SSSR count). The molecule has 0 aromatic rings. The number of hydrogen-bond donors (Lipinski definition) is 1. The molecule has 0 fully saturated rings. The molecule has 2 nitrogen and oxygen atoms in total. The highest BCUT2D eigenvalue weighted by Crippen LogP contribution is 1.96. The third kappa shape index (κ3) is 3.79. The molecule has 0 radical (unpaired) electrons. The van der Waals surface area contributed by atoms with E-state index in [1.54, 1.807) is 12.5 Å². The van der Waals surface area contributed by atoms with Crippen molar-refractivity contribution in [1.29, 1.82) is 0 Å². The number of carbonyl (C=O) groups excluding carboxylic acids is 1. The Morgan fingerprint density at radius 1 is 2.00 bits per heavy atom. The minimum atomic E-state index is -0.844. The van der Waals surface area contributed by atoms with E-state index in [2.05, 4.69) is 6.58 Å². The molecule has 1 unspecified atom stereocenters. The van der Waals surface area contributed by atoms with Gasteiger partial charge in [0.2, 0.25) is 0 Å². The normalized spacial score (nSPS) is 12.2. The fourth-order valence-electron chi connectivity index (χ4n) is 0.391. The first-order valence-electron chi connectivity index (χ1n) is 2.81. The van der Waals surface area contributed by atoms with Crippen LogP contribution in [0.4, 0.5) is 0 Å². The van der Waals surface area contributed by atoms with Gasteiger partial charge >= 0.3 is 0 Å². The van der Waals surface area contributed by atoms with Gasteiger partial charge in [0.05, 0.1) is 0 Å². The number of hydrogen-bond acceptors (Lipinski definition) is 2. The molecule has 0 spiro atoms. The van der Waals surface area contributed by atoms with Crippen LogP contribution in [0.3, 0.4) is 0 Å². The largest absolute Gasteiger partial charge is 0.387 e. The van der Waals surface area contributed by atoms with Gasteiger partial charge in [-0.25, -0.2) is 19.1 Å². The van der Waals surface area contributed by atoms with Crippen LogP contribution in [-0.4, -0.2) is 17.0 Å². The summed E-state index contributed by atoms with van der Waals surface area (Å²) < 4.78 is 0. The number of ketones is 1. The van der Waals surface area contributed by atoms with Crippen LogP contribution >= 0.6 is 0 Å². The van der Waals surface area contributed by atoms with Crippen molar-refractivity contribution in [3.63, 3.8) is 0 Å². The fourth-order valence-corrected chi connectivity index (χ4v) is 0.391. The zero-order chi connectivity index (χ0) is 7.28. The third-order valence-corrected chi connectivity index (χ3v) is 0.995. The standard InChI is InChI=1S/C7H11O2/c1-3-4-5-7(9)6(2)8/h3-4,7,9H,1,5H2,2H3/q-1. The van der Waals surface area contributed by atoms with Crippen molar-refractivity contribution >= 4 is 5.78 Å². The molecular formula is C7H11O2-.